The zero-order valence-corrected chi connectivity index (χ0v) is 11.1. The molecule has 2 aliphatic rings. The van der Waals surface area contributed by atoms with Crippen molar-refractivity contribution in [2.45, 2.75) is 45.3 Å². The number of nitrogens with one attached hydrogen (secondary N) is 2. The Balaban J connectivity index is 1.83. The molecular weight excluding hydrogens is 216 g/mol. The molecule has 0 radical (unpaired) electrons. The first-order chi connectivity index (χ1) is 8.05. The van der Waals surface area contributed by atoms with Crippen LogP contribution in [0.3, 0.4) is 0 Å². The molecule has 1 heterocycles. The number of carbonyl (C=O) groups excluding carboxylic acids is 1. The molecule has 0 bridgehead atoms. The van der Waals surface area contributed by atoms with Crippen molar-refractivity contribution >= 4 is 5.91 Å². The smallest absolute Gasteiger partial charge is 0.224 e. The van der Waals surface area contributed by atoms with E-state index < -0.39 is 0 Å². The Morgan fingerprint density at radius 2 is 2.24 bits per heavy atom. The Hall–Kier alpha value is -0.610. The van der Waals surface area contributed by atoms with E-state index in [9.17, 15) is 4.79 Å². The van der Waals surface area contributed by atoms with Gasteiger partial charge < -0.3 is 15.4 Å². The minimum absolute atomic E-state index is 0.0620. The van der Waals surface area contributed by atoms with Crippen molar-refractivity contribution in [2.75, 3.05) is 20.2 Å². The van der Waals surface area contributed by atoms with Crippen molar-refractivity contribution in [1.29, 1.82) is 0 Å². The molecule has 2 rings (SSSR count). The fourth-order valence-corrected chi connectivity index (χ4v) is 2.90. The van der Waals surface area contributed by atoms with Gasteiger partial charge in [0.25, 0.3) is 0 Å². The van der Waals surface area contributed by atoms with E-state index in [1.165, 1.54) is 0 Å². The number of carbonyl (C=O) groups is 1. The van der Waals surface area contributed by atoms with Crippen LogP contribution >= 0.6 is 0 Å². The largest absolute Gasteiger partial charge is 0.381 e. The Kier molecular flexibility index (Phi) is 3.73. The van der Waals surface area contributed by atoms with Gasteiger partial charge in [-0.1, -0.05) is 13.8 Å². The minimum Gasteiger partial charge on any atom is -0.381 e. The molecule has 2 unspecified atom stereocenters. The molecule has 1 saturated heterocycles. The van der Waals surface area contributed by atoms with Crippen molar-refractivity contribution in [1.82, 2.24) is 10.6 Å². The van der Waals surface area contributed by atoms with Crippen molar-refractivity contribution in [3.05, 3.63) is 0 Å². The molecular formula is C13H24N2O2. The van der Waals surface area contributed by atoms with E-state index in [1.807, 2.05) is 0 Å². The van der Waals surface area contributed by atoms with Gasteiger partial charge in [0, 0.05) is 25.1 Å². The summed E-state index contributed by atoms with van der Waals surface area (Å²) in [4.78, 5) is 12.1. The fraction of sp³-hybridized carbons (Fsp3) is 0.923. The average Bonchev–Trinajstić information content (AvgIpc) is 2.34. The van der Waals surface area contributed by atoms with Crippen molar-refractivity contribution in [3.63, 3.8) is 0 Å². The summed E-state index contributed by atoms with van der Waals surface area (Å²) in [5.41, 5.74) is 0.0620. The fourth-order valence-electron chi connectivity index (χ4n) is 2.90. The molecule has 1 saturated carbocycles. The second-order valence-electron chi connectivity index (χ2n) is 5.89. The van der Waals surface area contributed by atoms with Gasteiger partial charge in [-0.05, 0) is 25.8 Å². The van der Waals surface area contributed by atoms with Gasteiger partial charge >= 0.3 is 0 Å². The highest BCUT2D eigenvalue weighted by Gasteiger charge is 2.49. The first-order valence-corrected chi connectivity index (χ1v) is 6.59. The van der Waals surface area contributed by atoms with Gasteiger partial charge in [-0.15, -0.1) is 0 Å². The topological polar surface area (TPSA) is 50.4 Å². The first-order valence-electron chi connectivity index (χ1n) is 6.59. The second-order valence-corrected chi connectivity index (χ2v) is 5.89. The molecule has 1 aliphatic carbocycles. The summed E-state index contributed by atoms with van der Waals surface area (Å²) in [7, 11) is 1.75. The average molecular weight is 240 g/mol. The van der Waals surface area contributed by atoms with Crippen LogP contribution in [0.25, 0.3) is 0 Å². The molecule has 17 heavy (non-hydrogen) atoms. The van der Waals surface area contributed by atoms with E-state index in [0.717, 1.165) is 32.4 Å². The molecule has 4 nitrogen and oxygen atoms in total. The molecule has 4 heteroatoms. The summed E-state index contributed by atoms with van der Waals surface area (Å²) < 4.78 is 5.40. The van der Waals surface area contributed by atoms with Crippen LogP contribution < -0.4 is 10.6 Å². The lowest BCUT2D eigenvalue weighted by molar-refractivity contribution is -0.136. The van der Waals surface area contributed by atoms with Crippen LogP contribution in [0.2, 0.25) is 0 Å². The van der Waals surface area contributed by atoms with Crippen molar-refractivity contribution in [2.24, 2.45) is 11.3 Å². The van der Waals surface area contributed by atoms with Gasteiger partial charge in [0.15, 0.2) is 0 Å². The molecule has 98 valence electrons. The summed E-state index contributed by atoms with van der Waals surface area (Å²) >= 11 is 0. The van der Waals surface area contributed by atoms with E-state index >= 15 is 0 Å². The maximum Gasteiger partial charge on any atom is 0.224 e. The third kappa shape index (κ3) is 2.47. The van der Waals surface area contributed by atoms with E-state index in [-0.39, 0.29) is 29.4 Å². The maximum atomic E-state index is 12.1. The molecule has 1 amide bonds. The van der Waals surface area contributed by atoms with Crippen LogP contribution in [-0.2, 0) is 9.53 Å². The van der Waals surface area contributed by atoms with Gasteiger partial charge in [0.2, 0.25) is 5.91 Å². The van der Waals surface area contributed by atoms with Gasteiger partial charge in [0.1, 0.15) is 0 Å². The van der Waals surface area contributed by atoms with Crippen molar-refractivity contribution in [3.8, 4) is 0 Å². The molecule has 3 atom stereocenters. The van der Waals surface area contributed by atoms with Gasteiger partial charge in [-0.25, -0.2) is 0 Å². The van der Waals surface area contributed by atoms with Crippen molar-refractivity contribution < 1.29 is 9.53 Å². The highest BCUT2D eigenvalue weighted by molar-refractivity contribution is 5.79. The molecule has 0 aromatic heterocycles. The number of rotatable bonds is 3. The number of piperidine rings is 1. The summed E-state index contributed by atoms with van der Waals surface area (Å²) in [6, 6.07) is 0.266. The SMILES string of the molecule is COC1CC(NC(=O)[C@@H]2CCCNC2)C1(C)C. The molecule has 0 aromatic carbocycles. The first kappa shape index (κ1) is 12.8. The molecule has 0 aromatic rings. The summed E-state index contributed by atoms with van der Waals surface area (Å²) in [5, 5.41) is 6.46. The van der Waals surface area contributed by atoms with Crippen LogP contribution in [-0.4, -0.2) is 38.3 Å². The van der Waals surface area contributed by atoms with Gasteiger partial charge in [-0.3, -0.25) is 4.79 Å². The van der Waals surface area contributed by atoms with E-state index in [0.29, 0.717) is 0 Å². The minimum atomic E-state index is 0.0620. The third-order valence-electron chi connectivity index (χ3n) is 4.45. The van der Waals surface area contributed by atoms with E-state index in [4.69, 9.17) is 4.74 Å². The summed E-state index contributed by atoms with van der Waals surface area (Å²) in [6.07, 6.45) is 3.33. The molecule has 0 spiro atoms. The van der Waals surface area contributed by atoms with Crippen LogP contribution in [0, 0.1) is 11.3 Å². The maximum absolute atomic E-state index is 12.1. The van der Waals surface area contributed by atoms with Crippen LogP contribution in [0.5, 0.6) is 0 Å². The van der Waals surface area contributed by atoms with E-state index in [2.05, 4.69) is 24.5 Å². The van der Waals surface area contributed by atoms with Crippen LogP contribution in [0.4, 0.5) is 0 Å². The Bertz CT molecular complexity index is 285. The zero-order valence-electron chi connectivity index (χ0n) is 11.1. The standard InChI is InChI=1S/C13H24N2O2/c1-13(2)10(7-11(13)17-3)15-12(16)9-5-4-6-14-8-9/h9-11,14H,4-8H2,1-3H3,(H,15,16)/t9-,10?,11?/m1/s1. The number of amides is 1. The predicted molar refractivity (Wildman–Crippen MR) is 66.7 cm³/mol. The normalized spacial score (nSPS) is 36.1. The highest BCUT2D eigenvalue weighted by Crippen LogP contribution is 2.42. The zero-order chi connectivity index (χ0) is 12.5. The van der Waals surface area contributed by atoms with Gasteiger partial charge in [0.05, 0.1) is 12.0 Å². The second kappa shape index (κ2) is 4.94. The number of methoxy groups -OCH3 is 1. The Morgan fingerprint density at radius 1 is 1.47 bits per heavy atom. The molecule has 2 fully saturated rings. The number of hydrogen-bond donors (Lipinski definition) is 2. The molecule has 2 N–H and O–H groups in total. The summed E-state index contributed by atoms with van der Waals surface area (Å²) in [5.74, 6) is 0.367. The Morgan fingerprint density at radius 3 is 2.76 bits per heavy atom. The monoisotopic (exact) mass is 240 g/mol. The number of hydrogen-bond acceptors (Lipinski definition) is 3. The molecule has 1 aliphatic heterocycles. The lowest BCUT2D eigenvalue weighted by atomic mass is 9.64. The quantitative estimate of drug-likeness (QED) is 0.771. The lowest BCUT2D eigenvalue weighted by Gasteiger charge is -2.51. The Labute approximate surface area is 103 Å². The van der Waals surface area contributed by atoms with Gasteiger partial charge in [-0.2, -0.15) is 0 Å². The third-order valence-corrected chi connectivity index (χ3v) is 4.45. The number of ether oxygens (including phenoxy) is 1. The van der Waals surface area contributed by atoms with Crippen LogP contribution in [0.15, 0.2) is 0 Å². The highest BCUT2D eigenvalue weighted by atomic mass is 16.5. The predicted octanol–water partition coefficient (Wildman–Crippen LogP) is 0.916. The lowest BCUT2D eigenvalue weighted by Crippen LogP contribution is -2.62. The summed E-state index contributed by atoms with van der Waals surface area (Å²) in [6.45, 7) is 6.20. The van der Waals surface area contributed by atoms with E-state index in [1.54, 1.807) is 7.11 Å². The van der Waals surface area contributed by atoms with Crippen LogP contribution in [0.1, 0.15) is 33.1 Å².